The number of halogens is 2. The molecule has 2 aliphatic carbocycles. The van der Waals surface area contributed by atoms with E-state index in [1.165, 1.54) is 18.9 Å². The van der Waals surface area contributed by atoms with Crippen molar-refractivity contribution in [3.05, 3.63) is 32.9 Å². The summed E-state index contributed by atoms with van der Waals surface area (Å²) in [7, 11) is -7.18. The van der Waals surface area contributed by atoms with Crippen molar-refractivity contribution in [2.45, 2.75) is 105 Å². The van der Waals surface area contributed by atoms with Crippen molar-refractivity contribution in [2.75, 3.05) is 13.2 Å². The summed E-state index contributed by atoms with van der Waals surface area (Å²) >= 11 is 13.9. The monoisotopic (exact) mass is 714 g/mol. The fourth-order valence-corrected chi connectivity index (χ4v) is 12.8. The number of sulfonamides is 2. The van der Waals surface area contributed by atoms with Gasteiger partial charge in [-0.05, 0) is 87.5 Å². The molecule has 2 aromatic heterocycles. The number of aliphatic hydroxyl groups is 1. The van der Waals surface area contributed by atoms with Crippen molar-refractivity contribution >= 4 is 65.9 Å². The van der Waals surface area contributed by atoms with E-state index in [2.05, 4.69) is 18.6 Å². The van der Waals surface area contributed by atoms with Gasteiger partial charge in [-0.1, -0.05) is 62.7 Å². The maximum absolute atomic E-state index is 13.2. The molecule has 1 aliphatic heterocycles. The van der Waals surface area contributed by atoms with Gasteiger partial charge in [-0.3, -0.25) is 0 Å². The number of ether oxygens (including phenoxy) is 1. The Labute approximate surface area is 275 Å². The summed E-state index contributed by atoms with van der Waals surface area (Å²) < 4.78 is 62.4. The van der Waals surface area contributed by atoms with E-state index in [-0.39, 0.29) is 22.8 Å². The second-order valence-electron chi connectivity index (χ2n) is 12.7. The highest BCUT2D eigenvalue weighted by atomic mass is 35.5. The zero-order valence-corrected chi connectivity index (χ0v) is 29.9. The third kappa shape index (κ3) is 8.75. The molecule has 8 nitrogen and oxygen atoms in total. The Morgan fingerprint density at radius 2 is 1.42 bits per heavy atom. The van der Waals surface area contributed by atoms with E-state index in [1.54, 1.807) is 22.5 Å². The van der Waals surface area contributed by atoms with Crippen LogP contribution in [0.3, 0.4) is 0 Å². The highest BCUT2D eigenvalue weighted by Crippen LogP contribution is 2.43. The first kappa shape index (κ1) is 35.6. The molecule has 1 saturated heterocycles. The highest BCUT2D eigenvalue weighted by molar-refractivity contribution is 7.91. The first-order valence-electron chi connectivity index (χ1n) is 15.0. The molecule has 3 aliphatic rings. The predicted octanol–water partition coefficient (Wildman–Crippen LogP) is 7.22. The third-order valence-electron chi connectivity index (χ3n) is 9.05. The van der Waals surface area contributed by atoms with Crippen LogP contribution in [0.1, 0.15) is 79.1 Å². The zero-order valence-electron chi connectivity index (χ0n) is 25.2. The quantitative estimate of drug-likeness (QED) is 0.299. The van der Waals surface area contributed by atoms with Crippen molar-refractivity contribution in [1.82, 2.24) is 9.03 Å². The van der Waals surface area contributed by atoms with Gasteiger partial charge in [0.1, 0.15) is 14.1 Å². The molecule has 0 unspecified atom stereocenters. The van der Waals surface area contributed by atoms with E-state index >= 15 is 0 Å². The average molecular weight is 716 g/mol. The van der Waals surface area contributed by atoms with E-state index in [1.807, 2.05) is 13.8 Å². The number of aliphatic hydroxyl groups excluding tert-OH is 1. The predicted molar refractivity (Wildman–Crippen MR) is 175 cm³/mol. The molecular formula is C29H44Cl2N2O6S4. The number of rotatable bonds is 8. The number of hydrogen-bond donors (Lipinski definition) is 2. The summed E-state index contributed by atoms with van der Waals surface area (Å²) in [5, 5.41) is 9.51. The maximum Gasteiger partial charge on any atom is 0.255 e. The lowest BCUT2D eigenvalue weighted by molar-refractivity contribution is -0.0165. The fraction of sp³-hybridized carbons (Fsp3) is 0.724. The maximum atomic E-state index is 13.2. The standard InChI is InChI=1S/C16H24ClNO3S2.C13H20ClNO3S2/c1-11-4-6-12(7-5-11)13-10-21-16(2,3)18(13)23(19,20)15-9-8-14(17)22-15;1-9-2-4-10(5-3-9)11(8-16)15-20(17,18)13-7-6-12(14)19-13/h8-9,11-13H,4-7,10H2,1-3H3;6-7,9-11,15-16H,2-5,8H2,1H3/t11?,12?,13-;9?,10?,11-/m11/s1. The molecule has 0 bridgehead atoms. The second-order valence-corrected chi connectivity index (χ2v) is 20.1. The van der Waals surface area contributed by atoms with E-state index in [0.29, 0.717) is 31.3 Å². The van der Waals surface area contributed by atoms with Crippen LogP contribution in [-0.2, 0) is 24.8 Å². The van der Waals surface area contributed by atoms with Crippen LogP contribution in [0.5, 0.6) is 0 Å². The summed E-state index contributed by atoms with van der Waals surface area (Å²) in [6.45, 7) is 8.47. The lowest BCUT2D eigenvalue weighted by Crippen LogP contribution is -2.50. The smallest absolute Gasteiger partial charge is 0.255 e. The molecule has 3 fully saturated rings. The lowest BCUT2D eigenvalue weighted by Gasteiger charge is -2.37. The molecule has 14 heteroatoms. The molecule has 3 heterocycles. The third-order valence-corrected chi connectivity index (χ3v) is 16.0. The molecule has 0 radical (unpaired) electrons. The number of hydrogen-bond acceptors (Lipinski definition) is 8. The Bertz CT molecular complexity index is 1410. The van der Waals surface area contributed by atoms with Crippen molar-refractivity contribution in [3.8, 4) is 0 Å². The van der Waals surface area contributed by atoms with Crippen LogP contribution in [0.4, 0.5) is 0 Å². The van der Waals surface area contributed by atoms with Gasteiger partial charge in [0, 0.05) is 6.04 Å². The van der Waals surface area contributed by atoms with Crippen molar-refractivity contribution in [2.24, 2.45) is 23.7 Å². The van der Waals surface area contributed by atoms with Crippen LogP contribution in [0.25, 0.3) is 0 Å². The lowest BCUT2D eigenvalue weighted by atomic mass is 9.79. The molecular weight excluding hydrogens is 672 g/mol. The van der Waals surface area contributed by atoms with Gasteiger partial charge in [0.25, 0.3) is 10.0 Å². The summed E-state index contributed by atoms with van der Waals surface area (Å²) in [5.41, 5.74) is -0.816. The van der Waals surface area contributed by atoms with Crippen LogP contribution in [0.15, 0.2) is 32.7 Å². The molecule has 43 heavy (non-hydrogen) atoms. The molecule has 2 N–H and O–H groups in total. The number of nitrogens with one attached hydrogen (secondary N) is 1. The van der Waals surface area contributed by atoms with Crippen LogP contribution in [0.2, 0.25) is 8.67 Å². The first-order valence-corrected chi connectivity index (χ1v) is 20.3. The van der Waals surface area contributed by atoms with E-state index < -0.39 is 31.8 Å². The summed E-state index contributed by atoms with van der Waals surface area (Å²) in [6.07, 6.45) is 8.58. The van der Waals surface area contributed by atoms with Gasteiger partial charge < -0.3 is 9.84 Å². The van der Waals surface area contributed by atoms with Gasteiger partial charge in [0.05, 0.1) is 27.9 Å². The molecule has 0 amide bonds. The van der Waals surface area contributed by atoms with E-state index in [0.717, 1.165) is 67.1 Å². The van der Waals surface area contributed by atoms with Crippen molar-refractivity contribution in [1.29, 1.82) is 0 Å². The van der Waals surface area contributed by atoms with Crippen LogP contribution >= 0.6 is 45.9 Å². The van der Waals surface area contributed by atoms with Gasteiger partial charge in [-0.15, -0.1) is 22.7 Å². The largest absolute Gasteiger partial charge is 0.395 e. The summed E-state index contributed by atoms with van der Waals surface area (Å²) in [6, 6.07) is 5.80. The zero-order chi connectivity index (χ0) is 31.6. The van der Waals surface area contributed by atoms with Gasteiger partial charge in [0.15, 0.2) is 0 Å². The molecule has 0 spiro atoms. The first-order chi connectivity index (χ1) is 20.1. The molecule has 0 aromatic carbocycles. The Hall–Kier alpha value is -0.280. The Morgan fingerprint density at radius 1 is 0.907 bits per heavy atom. The van der Waals surface area contributed by atoms with Gasteiger partial charge >= 0.3 is 0 Å². The summed E-state index contributed by atoms with van der Waals surface area (Å²) in [4.78, 5) is 0. The normalized spacial score (nSPS) is 29.1. The van der Waals surface area contributed by atoms with Crippen molar-refractivity contribution < 1.29 is 26.7 Å². The van der Waals surface area contributed by atoms with Crippen molar-refractivity contribution in [3.63, 3.8) is 0 Å². The van der Waals surface area contributed by atoms with E-state index in [4.69, 9.17) is 27.9 Å². The molecule has 2 atom stereocenters. The summed E-state index contributed by atoms with van der Waals surface area (Å²) in [5.74, 6) is 2.01. The van der Waals surface area contributed by atoms with Crippen LogP contribution in [0, 0.1) is 23.7 Å². The molecule has 5 rings (SSSR count). The Balaban J connectivity index is 0.000000199. The molecule has 2 aromatic rings. The van der Waals surface area contributed by atoms with Gasteiger partial charge in [-0.2, -0.15) is 4.31 Å². The Morgan fingerprint density at radius 3 is 1.91 bits per heavy atom. The minimum atomic E-state index is -3.60. The SMILES string of the molecule is CC1CCC([C@@H](CO)NS(=O)(=O)c2ccc(Cl)s2)CC1.CC1CCC([C@H]2COC(C)(C)N2S(=O)(=O)c2ccc(Cl)s2)CC1. The average Bonchev–Trinajstić information content (AvgIpc) is 3.67. The van der Waals surface area contributed by atoms with Crippen LogP contribution < -0.4 is 4.72 Å². The fourth-order valence-electron chi connectivity index (χ4n) is 6.49. The number of thiophene rings is 2. The minimum absolute atomic E-state index is 0.0802. The Kier molecular flexibility index (Phi) is 12.1. The molecule has 244 valence electrons. The number of nitrogens with zero attached hydrogens (tertiary/aromatic N) is 1. The second kappa shape index (κ2) is 14.6. The molecule has 2 saturated carbocycles. The van der Waals surface area contributed by atoms with E-state index in [9.17, 15) is 21.9 Å². The minimum Gasteiger partial charge on any atom is -0.395 e. The van der Waals surface area contributed by atoms with Gasteiger partial charge in [0.2, 0.25) is 10.0 Å². The van der Waals surface area contributed by atoms with Crippen LogP contribution in [-0.4, -0.2) is 57.3 Å². The van der Waals surface area contributed by atoms with Gasteiger partial charge in [-0.25, -0.2) is 21.6 Å². The topological polar surface area (TPSA) is 113 Å². The highest BCUT2D eigenvalue weighted by Gasteiger charge is 2.51.